The molecule has 1 aromatic heterocycles. The fourth-order valence-electron chi connectivity index (χ4n) is 2.82. The molecule has 122 valence electrons. The Morgan fingerprint density at radius 1 is 0.762 bits per heavy atom. The van der Waals surface area contributed by atoms with Gasteiger partial charge in [0, 0.05) is 25.0 Å². The van der Waals surface area contributed by atoms with Crippen molar-refractivity contribution in [2.75, 3.05) is 0 Å². The predicted molar refractivity (Wildman–Crippen MR) is 87.9 cm³/mol. The Bertz CT molecular complexity index is 338. The Balaban J connectivity index is 0.00000400. The van der Waals surface area contributed by atoms with Gasteiger partial charge in [0.25, 0.3) is 0 Å². The third-order valence-corrected chi connectivity index (χ3v) is 4.15. The number of halogens is 1. The van der Waals surface area contributed by atoms with Crippen LogP contribution in [0.4, 0.5) is 0 Å². The molecule has 21 heavy (non-hydrogen) atoms. The smallest absolute Gasteiger partial charge is 0.181 e. The van der Waals surface area contributed by atoms with Gasteiger partial charge in [0.2, 0.25) is 0 Å². The normalized spacial score (nSPS) is 10.4. The first kappa shape index (κ1) is 20.1. The van der Waals surface area contributed by atoms with Gasteiger partial charge in [-0.2, -0.15) is 0 Å². The van der Waals surface area contributed by atoms with Crippen molar-refractivity contribution in [1.82, 2.24) is 0 Å². The highest BCUT2D eigenvalue weighted by molar-refractivity contribution is 4.96. The molecule has 0 aliphatic heterocycles. The molecule has 0 atom stereocenters. The van der Waals surface area contributed by atoms with Crippen LogP contribution in [0.25, 0.3) is 0 Å². The number of hydrogen-bond acceptors (Lipinski definition) is 0. The van der Waals surface area contributed by atoms with Gasteiger partial charge in [0.1, 0.15) is 6.54 Å². The maximum Gasteiger partial charge on any atom is 0.181 e. The monoisotopic (exact) mass is 295 g/mol. The Morgan fingerprint density at radius 2 is 1.33 bits per heavy atom. The van der Waals surface area contributed by atoms with Crippen molar-refractivity contribution < 1.29 is 9.27 Å². The molecular formula is C19H34FN. The fourth-order valence-corrected chi connectivity index (χ4v) is 2.82. The summed E-state index contributed by atoms with van der Waals surface area (Å²) in [5.74, 6) is 0. The molecule has 0 saturated heterocycles. The largest absolute Gasteiger partial charge is 1.00 e. The first-order valence-electron chi connectivity index (χ1n) is 8.85. The van der Waals surface area contributed by atoms with Crippen LogP contribution in [0.1, 0.15) is 83.7 Å². The fraction of sp³-hybridized carbons (Fsp3) is 0.737. The van der Waals surface area contributed by atoms with Crippen molar-refractivity contribution in [3.8, 4) is 0 Å². The van der Waals surface area contributed by atoms with Crippen molar-refractivity contribution in [3.05, 3.63) is 30.1 Å². The van der Waals surface area contributed by atoms with Gasteiger partial charge in [-0.3, -0.25) is 0 Å². The van der Waals surface area contributed by atoms with E-state index in [0.717, 1.165) is 6.42 Å². The zero-order chi connectivity index (χ0) is 14.5. The van der Waals surface area contributed by atoms with E-state index >= 15 is 0 Å². The first-order valence-corrected chi connectivity index (χ1v) is 8.85. The van der Waals surface area contributed by atoms with Crippen molar-refractivity contribution in [3.63, 3.8) is 0 Å². The van der Waals surface area contributed by atoms with Crippen molar-refractivity contribution in [1.29, 1.82) is 0 Å². The maximum atomic E-state index is 2.42. The van der Waals surface area contributed by atoms with Gasteiger partial charge in [-0.1, -0.05) is 71.3 Å². The number of aryl methyl sites for hydroxylation is 2. The summed E-state index contributed by atoms with van der Waals surface area (Å²) in [4.78, 5) is 0. The van der Waals surface area contributed by atoms with Crippen LogP contribution < -0.4 is 9.27 Å². The third kappa shape index (κ3) is 9.60. The molecule has 1 heterocycles. The average molecular weight is 295 g/mol. The van der Waals surface area contributed by atoms with Crippen LogP contribution in [0.15, 0.2) is 24.4 Å². The zero-order valence-corrected chi connectivity index (χ0v) is 14.1. The van der Waals surface area contributed by atoms with Crippen LogP contribution in [-0.2, 0) is 13.0 Å². The van der Waals surface area contributed by atoms with E-state index in [2.05, 4.69) is 42.8 Å². The molecule has 0 unspecified atom stereocenters. The van der Waals surface area contributed by atoms with Crippen molar-refractivity contribution in [2.24, 2.45) is 0 Å². The molecule has 0 aromatic carbocycles. The summed E-state index contributed by atoms with van der Waals surface area (Å²) >= 11 is 0. The second kappa shape index (κ2) is 14.0. The Kier molecular flexibility index (Phi) is 13.4. The van der Waals surface area contributed by atoms with Crippen LogP contribution in [0, 0.1) is 0 Å². The molecule has 0 aliphatic carbocycles. The first-order chi connectivity index (χ1) is 9.88. The van der Waals surface area contributed by atoms with E-state index in [4.69, 9.17) is 0 Å². The number of hydrogen-bond donors (Lipinski definition) is 0. The van der Waals surface area contributed by atoms with Gasteiger partial charge < -0.3 is 4.70 Å². The standard InChI is InChI=1S/C19H34N.FH/c1-3-5-6-7-8-9-10-11-12-14-17-20-18-15-13-16-19(20)4-2;/h13,15-16,18H,3-12,14,17H2,1-2H3;1H/q+1;/p-1. The Hall–Kier alpha value is -0.920. The highest BCUT2D eigenvalue weighted by atomic mass is 19.0. The van der Waals surface area contributed by atoms with E-state index in [0.29, 0.717) is 0 Å². The van der Waals surface area contributed by atoms with Gasteiger partial charge in [-0.05, 0) is 6.42 Å². The van der Waals surface area contributed by atoms with E-state index in [9.17, 15) is 0 Å². The van der Waals surface area contributed by atoms with Gasteiger partial charge in [-0.15, -0.1) is 0 Å². The topological polar surface area (TPSA) is 3.88 Å². The van der Waals surface area contributed by atoms with Crippen LogP contribution in [-0.4, -0.2) is 0 Å². The molecule has 0 spiro atoms. The second-order valence-electron chi connectivity index (χ2n) is 5.92. The van der Waals surface area contributed by atoms with Crippen LogP contribution in [0.3, 0.4) is 0 Å². The molecule has 0 aliphatic rings. The van der Waals surface area contributed by atoms with E-state index < -0.39 is 0 Å². The van der Waals surface area contributed by atoms with Gasteiger partial charge in [0.05, 0.1) is 0 Å². The van der Waals surface area contributed by atoms with Gasteiger partial charge >= 0.3 is 0 Å². The summed E-state index contributed by atoms with van der Waals surface area (Å²) in [6, 6.07) is 6.54. The molecular weight excluding hydrogens is 261 g/mol. The number of pyridine rings is 1. The van der Waals surface area contributed by atoms with Gasteiger partial charge in [0.15, 0.2) is 11.9 Å². The van der Waals surface area contributed by atoms with Crippen LogP contribution in [0.2, 0.25) is 0 Å². The summed E-state index contributed by atoms with van der Waals surface area (Å²) in [5.41, 5.74) is 1.46. The number of aromatic nitrogens is 1. The lowest BCUT2D eigenvalue weighted by molar-refractivity contribution is -0.704. The second-order valence-corrected chi connectivity index (χ2v) is 5.92. The van der Waals surface area contributed by atoms with Gasteiger partial charge in [-0.25, -0.2) is 4.57 Å². The van der Waals surface area contributed by atoms with E-state index in [1.54, 1.807) is 0 Å². The molecule has 0 amide bonds. The molecule has 0 bridgehead atoms. The summed E-state index contributed by atoms with van der Waals surface area (Å²) in [5, 5.41) is 0. The Morgan fingerprint density at radius 3 is 1.90 bits per heavy atom. The lowest BCUT2D eigenvalue weighted by atomic mass is 10.1. The predicted octanol–water partition coefficient (Wildman–Crippen LogP) is 2.46. The molecule has 1 aromatic rings. The lowest BCUT2D eigenvalue weighted by Gasteiger charge is -2.03. The van der Waals surface area contributed by atoms with Crippen LogP contribution in [0.5, 0.6) is 0 Å². The minimum atomic E-state index is 0. The highest BCUT2D eigenvalue weighted by Gasteiger charge is 2.05. The lowest BCUT2D eigenvalue weighted by Crippen LogP contribution is -3.00. The Labute approximate surface area is 131 Å². The number of nitrogens with zero attached hydrogens (tertiary/aromatic N) is 1. The molecule has 1 nitrogen and oxygen atoms in total. The maximum absolute atomic E-state index is 2.42. The van der Waals surface area contributed by atoms with E-state index in [1.165, 1.54) is 76.4 Å². The number of rotatable bonds is 12. The minimum Gasteiger partial charge on any atom is -1.00 e. The molecule has 0 radical (unpaired) electrons. The van der Waals surface area contributed by atoms with E-state index in [-0.39, 0.29) is 4.70 Å². The van der Waals surface area contributed by atoms with Crippen molar-refractivity contribution >= 4 is 0 Å². The summed E-state index contributed by atoms with van der Waals surface area (Å²) < 4.78 is 2.42. The van der Waals surface area contributed by atoms with Crippen LogP contribution >= 0.6 is 0 Å². The molecule has 0 saturated carbocycles. The molecule has 0 fully saturated rings. The molecule has 0 N–H and O–H groups in total. The quantitative estimate of drug-likeness (QED) is 0.412. The third-order valence-electron chi connectivity index (χ3n) is 4.15. The van der Waals surface area contributed by atoms with Crippen molar-refractivity contribution in [2.45, 2.75) is 91.0 Å². The van der Waals surface area contributed by atoms with E-state index in [1.807, 2.05) is 0 Å². The summed E-state index contributed by atoms with van der Waals surface area (Å²) in [7, 11) is 0. The summed E-state index contributed by atoms with van der Waals surface area (Å²) in [6.07, 6.45) is 17.5. The molecule has 2 heteroatoms. The number of unbranched alkanes of at least 4 members (excludes halogenated alkanes) is 9. The molecule has 1 rings (SSSR count). The summed E-state index contributed by atoms with van der Waals surface area (Å²) in [6.45, 7) is 5.72. The highest BCUT2D eigenvalue weighted by Crippen LogP contribution is 2.10. The average Bonchev–Trinajstić information content (AvgIpc) is 2.49. The minimum absolute atomic E-state index is 0. The zero-order valence-electron chi connectivity index (χ0n) is 14.1. The SMILES string of the molecule is CCCCCCCCCCCC[n+]1ccccc1CC.[F-].